The predicted octanol–water partition coefficient (Wildman–Crippen LogP) is 3.15. The number of pyridine rings is 1. The maximum atomic E-state index is 12.4. The Morgan fingerprint density at radius 1 is 1.47 bits per heavy atom. The van der Waals surface area contributed by atoms with Gasteiger partial charge in [0.2, 0.25) is 0 Å². The molecule has 0 aromatic carbocycles. The lowest BCUT2D eigenvalue weighted by molar-refractivity contribution is 0.0749. The molecule has 0 unspecified atom stereocenters. The van der Waals surface area contributed by atoms with Crippen LogP contribution >= 0.6 is 27.3 Å². The molecule has 0 bridgehead atoms. The van der Waals surface area contributed by atoms with E-state index in [0.29, 0.717) is 24.5 Å². The molecule has 0 aliphatic carbocycles. The predicted molar refractivity (Wildman–Crippen MR) is 81.1 cm³/mol. The van der Waals surface area contributed by atoms with Gasteiger partial charge in [-0.1, -0.05) is 0 Å². The Morgan fingerprint density at radius 3 is 2.84 bits per heavy atom. The van der Waals surface area contributed by atoms with Gasteiger partial charge in [-0.3, -0.25) is 4.79 Å². The van der Waals surface area contributed by atoms with Gasteiger partial charge in [-0.2, -0.15) is 0 Å². The molecule has 0 aliphatic heterocycles. The summed E-state index contributed by atoms with van der Waals surface area (Å²) in [6.45, 7) is 3.13. The van der Waals surface area contributed by atoms with E-state index in [-0.39, 0.29) is 5.91 Å². The van der Waals surface area contributed by atoms with Gasteiger partial charge in [-0.15, -0.1) is 11.3 Å². The van der Waals surface area contributed by atoms with E-state index < -0.39 is 0 Å². The summed E-state index contributed by atoms with van der Waals surface area (Å²) in [6, 6.07) is 7.40. The molecule has 0 atom stereocenters. The van der Waals surface area contributed by atoms with Crippen LogP contribution in [0.2, 0.25) is 0 Å². The van der Waals surface area contributed by atoms with Crippen LogP contribution in [0.5, 0.6) is 0 Å². The number of nitrogens with two attached hydrogens (primary N) is 1. The van der Waals surface area contributed by atoms with E-state index >= 15 is 0 Å². The van der Waals surface area contributed by atoms with Gasteiger partial charge in [0.15, 0.2) is 5.69 Å². The highest BCUT2D eigenvalue weighted by molar-refractivity contribution is 9.11. The Labute approximate surface area is 124 Å². The highest BCUT2D eigenvalue weighted by atomic mass is 79.9. The van der Waals surface area contributed by atoms with Gasteiger partial charge in [0.1, 0.15) is 0 Å². The Morgan fingerprint density at radius 2 is 2.26 bits per heavy atom. The zero-order chi connectivity index (χ0) is 13.8. The van der Waals surface area contributed by atoms with Crippen molar-refractivity contribution in [1.82, 2.24) is 9.88 Å². The number of carbonyl (C=O) groups is 1. The van der Waals surface area contributed by atoms with Crippen molar-refractivity contribution in [3.05, 3.63) is 44.8 Å². The van der Waals surface area contributed by atoms with Crippen LogP contribution < -0.4 is 5.73 Å². The second-order valence-electron chi connectivity index (χ2n) is 3.97. The molecule has 19 heavy (non-hydrogen) atoms. The lowest BCUT2D eigenvalue weighted by atomic mass is 10.2. The maximum absolute atomic E-state index is 12.4. The van der Waals surface area contributed by atoms with Gasteiger partial charge >= 0.3 is 0 Å². The Balaban J connectivity index is 2.18. The molecule has 0 saturated carbocycles. The molecule has 2 heterocycles. The summed E-state index contributed by atoms with van der Waals surface area (Å²) in [4.78, 5) is 19.3. The van der Waals surface area contributed by atoms with Crippen LogP contribution in [0.1, 0.15) is 22.3 Å². The standard InChI is InChI=1S/C13H14BrN3OS/c1-2-17(8-9-5-6-11(14)19-9)13(18)12-10(15)4-3-7-16-12/h3-7H,2,8,15H2,1H3. The van der Waals surface area contributed by atoms with E-state index in [1.54, 1.807) is 34.6 Å². The molecule has 0 saturated heterocycles. The summed E-state index contributed by atoms with van der Waals surface area (Å²) in [6.07, 6.45) is 1.58. The average molecular weight is 340 g/mol. The summed E-state index contributed by atoms with van der Waals surface area (Å²) in [5.41, 5.74) is 6.53. The summed E-state index contributed by atoms with van der Waals surface area (Å²) in [7, 11) is 0. The van der Waals surface area contributed by atoms with Crippen molar-refractivity contribution in [3.8, 4) is 0 Å². The number of halogens is 1. The molecule has 0 spiro atoms. The number of carbonyl (C=O) groups excluding carboxylic acids is 1. The minimum Gasteiger partial charge on any atom is -0.397 e. The maximum Gasteiger partial charge on any atom is 0.274 e. The summed E-state index contributed by atoms with van der Waals surface area (Å²) in [5, 5.41) is 0. The lowest BCUT2D eigenvalue weighted by Gasteiger charge is -2.20. The van der Waals surface area contributed by atoms with E-state index in [0.717, 1.165) is 8.66 Å². The number of rotatable bonds is 4. The summed E-state index contributed by atoms with van der Waals surface area (Å²) in [5.74, 6) is -0.134. The second kappa shape index (κ2) is 6.16. The number of thiophene rings is 1. The number of aromatic nitrogens is 1. The second-order valence-corrected chi connectivity index (χ2v) is 6.51. The molecule has 6 heteroatoms. The summed E-state index contributed by atoms with van der Waals surface area (Å²) < 4.78 is 1.06. The first kappa shape index (κ1) is 14.0. The van der Waals surface area contributed by atoms with Gasteiger partial charge in [-0.05, 0) is 47.1 Å². The van der Waals surface area contributed by atoms with Gasteiger partial charge < -0.3 is 10.6 Å². The molecule has 0 aliphatic rings. The van der Waals surface area contributed by atoms with Crippen LogP contribution in [0.15, 0.2) is 34.2 Å². The fourth-order valence-corrected chi connectivity index (χ4v) is 3.20. The molecule has 2 N–H and O–H groups in total. The fourth-order valence-electron chi connectivity index (χ4n) is 1.70. The van der Waals surface area contributed by atoms with Crippen molar-refractivity contribution in [3.63, 3.8) is 0 Å². The van der Waals surface area contributed by atoms with E-state index in [4.69, 9.17) is 5.73 Å². The first-order valence-corrected chi connectivity index (χ1v) is 7.46. The molecule has 2 aromatic heterocycles. The van der Waals surface area contributed by atoms with Gasteiger partial charge in [0, 0.05) is 17.6 Å². The molecule has 2 rings (SSSR count). The molecule has 100 valence electrons. The molecular weight excluding hydrogens is 326 g/mol. The van der Waals surface area contributed by atoms with Crippen LogP contribution in [0.4, 0.5) is 5.69 Å². The van der Waals surface area contributed by atoms with Crippen LogP contribution in [-0.4, -0.2) is 22.3 Å². The number of nitrogen functional groups attached to an aromatic ring is 1. The molecule has 2 aromatic rings. The average Bonchev–Trinajstić information content (AvgIpc) is 2.81. The SMILES string of the molecule is CCN(Cc1ccc(Br)s1)C(=O)c1ncccc1N. The minimum absolute atomic E-state index is 0.134. The van der Waals surface area contributed by atoms with Crippen molar-refractivity contribution >= 4 is 38.9 Å². The zero-order valence-corrected chi connectivity index (χ0v) is 12.9. The monoisotopic (exact) mass is 339 g/mol. The highest BCUT2D eigenvalue weighted by Crippen LogP contribution is 2.24. The van der Waals surface area contributed by atoms with Crippen LogP contribution in [-0.2, 0) is 6.54 Å². The molecule has 4 nitrogen and oxygen atoms in total. The van der Waals surface area contributed by atoms with E-state index in [1.165, 1.54) is 0 Å². The molecular formula is C13H14BrN3OS. The van der Waals surface area contributed by atoms with Crippen LogP contribution in [0.25, 0.3) is 0 Å². The smallest absolute Gasteiger partial charge is 0.274 e. The van der Waals surface area contributed by atoms with Gasteiger partial charge in [-0.25, -0.2) is 4.98 Å². The topological polar surface area (TPSA) is 59.2 Å². The lowest BCUT2D eigenvalue weighted by Crippen LogP contribution is -2.31. The quantitative estimate of drug-likeness (QED) is 0.930. The molecule has 1 amide bonds. The Hall–Kier alpha value is -1.40. The third-order valence-electron chi connectivity index (χ3n) is 2.69. The largest absolute Gasteiger partial charge is 0.397 e. The number of nitrogens with zero attached hydrogens (tertiary/aromatic N) is 2. The number of hydrogen-bond donors (Lipinski definition) is 1. The third-order valence-corrected chi connectivity index (χ3v) is 4.29. The minimum atomic E-state index is -0.134. The first-order chi connectivity index (χ1) is 9.11. The normalized spacial score (nSPS) is 10.4. The van der Waals surface area contributed by atoms with E-state index in [1.807, 2.05) is 19.1 Å². The Bertz CT molecular complexity index is 585. The summed E-state index contributed by atoms with van der Waals surface area (Å²) >= 11 is 5.04. The van der Waals surface area contributed by atoms with Gasteiger partial charge in [0.05, 0.1) is 16.0 Å². The van der Waals surface area contributed by atoms with E-state index in [9.17, 15) is 4.79 Å². The zero-order valence-electron chi connectivity index (χ0n) is 10.5. The van der Waals surface area contributed by atoms with Crippen molar-refractivity contribution in [2.45, 2.75) is 13.5 Å². The number of hydrogen-bond acceptors (Lipinski definition) is 4. The first-order valence-electron chi connectivity index (χ1n) is 5.85. The molecule has 0 fully saturated rings. The van der Waals surface area contributed by atoms with Gasteiger partial charge in [0.25, 0.3) is 5.91 Å². The van der Waals surface area contributed by atoms with E-state index in [2.05, 4.69) is 20.9 Å². The van der Waals surface area contributed by atoms with Crippen molar-refractivity contribution in [1.29, 1.82) is 0 Å². The molecule has 0 radical (unpaired) electrons. The Kier molecular flexibility index (Phi) is 4.55. The van der Waals surface area contributed by atoms with Crippen LogP contribution in [0, 0.1) is 0 Å². The van der Waals surface area contributed by atoms with Crippen molar-refractivity contribution < 1.29 is 4.79 Å². The third kappa shape index (κ3) is 3.33. The number of anilines is 1. The van der Waals surface area contributed by atoms with Crippen LogP contribution in [0.3, 0.4) is 0 Å². The fraction of sp³-hybridized carbons (Fsp3) is 0.231. The number of amides is 1. The highest BCUT2D eigenvalue weighted by Gasteiger charge is 2.18. The van der Waals surface area contributed by atoms with Crippen molar-refractivity contribution in [2.24, 2.45) is 0 Å². The van der Waals surface area contributed by atoms with Crippen molar-refractivity contribution in [2.75, 3.05) is 12.3 Å².